The minimum atomic E-state index is 0.620. The van der Waals surface area contributed by atoms with Crippen molar-refractivity contribution in [3.8, 4) is 0 Å². The summed E-state index contributed by atoms with van der Waals surface area (Å²) < 4.78 is 0. The lowest BCUT2D eigenvalue weighted by Crippen LogP contribution is -2.47. The van der Waals surface area contributed by atoms with E-state index in [0.717, 1.165) is 32.7 Å². The van der Waals surface area contributed by atoms with Crippen LogP contribution in [0.15, 0.2) is 24.5 Å². The molecule has 0 spiro atoms. The number of aromatic nitrogens is 1. The Kier molecular flexibility index (Phi) is 3.73. The average Bonchev–Trinajstić information content (AvgIpc) is 2.38. The van der Waals surface area contributed by atoms with Crippen LogP contribution in [0.1, 0.15) is 0 Å². The zero-order valence-electron chi connectivity index (χ0n) is 9.34. The van der Waals surface area contributed by atoms with Crippen LogP contribution in [0.2, 0.25) is 0 Å². The number of piperazine rings is 1. The molecule has 0 bridgehead atoms. The van der Waals surface area contributed by atoms with Gasteiger partial charge in [0, 0.05) is 44.3 Å². The zero-order chi connectivity index (χ0) is 11.2. The van der Waals surface area contributed by atoms with Crippen molar-refractivity contribution in [2.24, 2.45) is 0 Å². The highest BCUT2D eigenvalue weighted by atomic mass is 15.3. The molecule has 0 amide bonds. The van der Waals surface area contributed by atoms with E-state index >= 15 is 0 Å². The van der Waals surface area contributed by atoms with Gasteiger partial charge in [-0.05, 0) is 12.1 Å². The molecule has 4 nitrogen and oxygen atoms in total. The lowest BCUT2D eigenvalue weighted by atomic mass is 10.2. The van der Waals surface area contributed by atoms with Crippen LogP contribution in [0.3, 0.4) is 0 Å². The van der Waals surface area contributed by atoms with E-state index in [0.29, 0.717) is 6.54 Å². The molecular formula is C12H16N4. The van der Waals surface area contributed by atoms with Crippen LogP contribution in [-0.4, -0.2) is 49.2 Å². The zero-order valence-corrected chi connectivity index (χ0v) is 9.34. The minimum Gasteiger partial charge on any atom is -0.369 e. The summed E-state index contributed by atoms with van der Waals surface area (Å²) in [7, 11) is 0. The molecule has 0 atom stereocenters. The van der Waals surface area contributed by atoms with Gasteiger partial charge in [0.05, 0.1) is 6.54 Å². The third kappa shape index (κ3) is 2.71. The topological polar surface area (TPSA) is 23.7 Å². The summed E-state index contributed by atoms with van der Waals surface area (Å²) in [6.45, 7) is 12.5. The van der Waals surface area contributed by atoms with Gasteiger partial charge in [-0.2, -0.15) is 0 Å². The monoisotopic (exact) mass is 216 g/mol. The largest absolute Gasteiger partial charge is 0.369 e. The van der Waals surface area contributed by atoms with Gasteiger partial charge in [-0.15, -0.1) is 0 Å². The Bertz CT molecular complexity index is 349. The first-order chi connectivity index (χ1) is 7.90. The number of anilines is 1. The highest BCUT2D eigenvalue weighted by Gasteiger charge is 2.16. The maximum absolute atomic E-state index is 6.78. The van der Waals surface area contributed by atoms with E-state index in [1.807, 2.05) is 12.4 Å². The molecule has 0 radical (unpaired) electrons. The van der Waals surface area contributed by atoms with E-state index < -0.39 is 0 Å². The molecular weight excluding hydrogens is 200 g/mol. The first kappa shape index (κ1) is 10.9. The maximum atomic E-state index is 6.78. The third-order valence-corrected chi connectivity index (χ3v) is 2.93. The number of pyridine rings is 1. The fraction of sp³-hybridized carbons (Fsp3) is 0.500. The Labute approximate surface area is 96.3 Å². The second kappa shape index (κ2) is 5.47. The minimum absolute atomic E-state index is 0.620. The van der Waals surface area contributed by atoms with Crippen LogP contribution in [0.5, 0.6) is 0 Å². The Hall–Kier alpha value is -1.60. The quantitative estimate of drug-likeness (QED) is 0.708. The molecule has 1 fully saturated rings. The molecule has 0 saturated carbocycles. The summed E-state index contributed by atoms with van der Waals surface area (Å²) in [5.41, 5.74) is 1.25. The van der Waals surface area contributed by atoms with Gasteiger partial charge in [-0.1, -0.05) is 0 Å². The predicted octanol–water partition coefficient (Wildman–Crippen LogP) is 1.12. The van der Waals surface area contributed by atoms with Gasteiger partial charge in [-0.3, -0.25) is 9.88 Å². The van der Waals surface area contributed by atoms with Crippen molar-refractivity contribution in [3.63, 3.8) is 0 Å². The number of hydrogen-bond acceptors (Lipinski definition) is 3. The lowest BCUT2D eigenvalue weighted by molar-refractivity contribution is 0.269. The molecule has 1 aliphatic heterocycles. The molecule has 0 unspecified atom stereocenters. The van der Waals surface area contributed by atoms with Crippen molar-refractivity contribution in [2.45, 2.75) is 0 Å². The van der Waals surface area contributed by atoms with Crippen LogP contribution in [0.25, 0.3) is 4.85 Å². The maximum Gasteiger partial charge on any atom is 0.227 e. The molecule has 1 aromatic rings. The van der Waals surface area contributed by atoms with Crippen molar-refractivity contribution < 1.29 is 0 Å². The van der Waals surface area contributed by atoms with Crippen molar-refractivity contribution in [1.82, 2.24) is 9.88 Å². The summed E-state index contributed by atoms with van der Waals surface area (Å²) in [4.78, 5) is 12.1. The predicted molar refractivity (Wildman–Crippen MR) is 64.4 cm³/mol. The Morgan fingerprint density at radius 1 is 1.19 bits per heavy atom. The van der Waals surface area contributed by atoms with Crippen LogP contribution < -0.4 is 4.90 Å². The summed E-state index contributed by atoms with van der Waals surface area (Å²) in [6, 6.07) is 4.10. The van der Waals surface area contributed by atoms with Crippen LogP contribution in [0, 0.1) is 6.57 Å². The van der Waals surface area contributed by atoms with Crippen molar-refractivity contribution in [3.05, 3.63) is 35.9 Å². The molecule has 84 valence electrons. The summed E-state index contributed by atoms with van der Waals surface area (Å²) in [6.07, 6.45) is 3.67. The van der Waals surface area contributed by atoms with Gasteiger partial charge in [0.2, 0.25) is 6.54 Å². The van der Waals surface area contributed by atoms with Gasteiger partial charge in [-0.25, -0.2) is 6.57 Å². The average molecular weight is 216 g/mol. The normalized spacial score (nSPS) is 17.1. The third-order valence-electron chi connectivity index (χ3n) is 2.93. The molecule has 1 aromatic heterocycles. The van der Waals surface area contributed by atoms with Crippen LogP contribution >= 0.6 is 0 Å². The summed E-state index contributed by atoms with van der Waals surface area (Å²) in [5.74, 6) is 0. The lowest BCUT2D eigenvalue weighted by Gasteiger charge is -2.35. The first-order valence-corrected chi connectivity index (χ1v) is 5.60. The van der Waals surface area contributed by atoms with Crippen molar-refractivity contribution in [2.75, 3.05) is 44.2 Å². The molecule has 2 rings (SSSR count). The fourth-order valence-corrected chi connectivity index (χ4v) is 1.98. The number of nitrogens with zero attached hydrogens (tertiary/aromatic N) is 4. The van der Waals surface area contributed by atoms with E-state index in [9.17, 15) is 0 Å². The van der Waals surface area contributed by atoms with E-state index in [-0.39, 0.29) is 0 Å². The van der Waals surface area contributed by atoms with E-state index in [1.165, 1.54) is 5.69 Å². The molecule has 1 saturated heterocycles. The summed E-state index contributed by atoms with van der Waals surface area (Å²) in [5, 5.41) is 0. The van der Waals surface area contributed by atoms with Gasteiger partial charge >= 0.3 is 0 Å². The standard InChI is InChI=1S/C12H16N4/c1-13-6-7-15-8-10-16(11-9-15)12-2-4-14-5-3-12/h2-5H,6-11H2. The van der Waals surface area contributed by atoms with Gasteiger partial charge in [0.1, 0.15) is 0 Å². The fourth-order valence-electron chi connectivity index (χ4n) is 1.98. The molecule has 2 heterocycles. The second-order valence-corrected chi connectivity index (χ2v) is 3.92. The van der Waals surface area contributed by atoms with E-state index in [1.54, 1.807) is 0 Å². The van der Waals surface area contributed by atoms with Gasteiger partial charge in [0.15, 0.2) is 0 Å². The molecule has 0 N–H and O–H groups in total. The molecule has 16 heavy (non-hydrogen) atoms. The van der Waals surface area contributed by atoms with Gasteiger partial charge < -0.3 is 9.74 Å². The first-order valence-electron chi connectivity index (χ1n) is 5.60. The van der Waals surface area contributed by atoms with Crippen LogP contribution in [-0.2, 0) is 0 Å². The Morgan fingerprint density at radius 2 is 1.88 bits per heavy atom. The Balaban J connectivity index is 1.84. The van der Waals surface area contributed by atoms with Crippen LogP contribution in [0.4, 0.5) is 5.69 Å². The number of rotatable bonds is 3. The van der Waals surface area contributed by atoms with Crippen molar-refractivity contribution in [1.29, 1.82) is 0 Å². The smallest absolute Gasteiger partial charge is 0.227 e. The van der Waals surface area contributed by atoms with E-state index in [4.69, 9.17) is 6.57 Å². The second-order valence-electron chi connectivity index (χ2n) is 3.92. The SMILES string of the molecule is [C-]#[N+]CCN1CCN(c2ccncc2)CC1. The van der Waals surface area contributed by atoms with E-state index in [2.05, 4.69) is 31.8 Å². The molecule has 0 aliphatic carbocycles. The number of hydrogen-bond donors (Lipinski definition) is 0. The molecule has 1 aliphatic rings. The Morgan fingerprint density at radius 3 is 2.50 bits per heavy atom. The highest BCUT2D eigenvalue weighted by Crippen LogP contribution is 2.14. The summed E-state index contributed by atoms with van der Waals surface area (Å²) >= 11 is 0. The molecule has 4 heteroatoms. The van der Waals surface area contributed by atoms with Gasteiger partial charge in [0.25, 0.3) is 0 Å². The molecule has 0 aromatic carbocycles. The highest BCUT2D eigenvalue weighted by molar-refractivity contribution is 5.44. The van der Waals surface area contributed by atoms with Crippen molar-refractivity contribution >= 4 is 5.69 Å².